The van der Waals surface area contributed by atoms with Crippen molar-refractivity contribution in [3.05, 3.63) is 59.7 Å². The lowest BCUT2D eigenvalue weighted by Gasteiger charge is -2.36. The average Bonchev–Trinajstić information content (AvgIpc) is 2.84. The number of rotatable bonds is 2. The first kappa shape index (κ1) is 29.7. The Hall–Kier alpha value is -3.55. The Morgan fingerprint density at radius 2 is 0.892 bits per heavy atom. The second kappa shape index (κ2) is 13.7. The normalized spacial score (nSPS) is 15.7. The Bertz CT molecular complexity index is 1030. The molecular weight excluding hydrogens is 496 g/mol. The van der Waals surface area contributed by atoms with Gasteiger partial charge in [0.2, 0.25) is 0 Å². The number of hydrogen-bond acceptors (Lipinski definition) is 8. The first-order chi connectivity index (χ1) is 17.3. The smallest absolute Gasteiger partial charge is 0.188 e. The maximum Gasteiger partial charge on any atom is 0.188 e. The van der Waals surface area contributed by atoms with E-state index in [2.05, 4.69) is 72.2 Å². The predicted octanol–water partition coefficient (Wildman–Crippen LogP) is 0.683. The first-order valence-corrected chi connectivity index (χ1v) is 13.1. The van der Waals surface area contributed by atoms with Gasteiger partial charge in [0, 0.05) is 74.1 Å². The quantitative estimate of drug-likeness (QED) is 0.185. The van der Waals surface area contributed by atoms with Crippen LogP contribution in [0.2, 0.25) is 0 Å². The third-order valence-electron chi connectivity index (χ3n) is 6.04. The summed E-state index contributed by atoms with van der Waals surface area (Å²) < 4.78 is 34.1. The van der Waals surface area contributed by atoms with Crippen LogP contribution in [0, 0.1) is 24.7 Å². The van der Waals surface area contributed by atoms with E-state index < -0.39 is 10.4 Å². The largest absolute Gasteiger partial charge is 0.759 e. The van der Waals surface area contributed by atoms with Gasteiger partial charge < -0.3 is 40.2 Å². The summed E-state index contributed by atoms with van der Waals surface area (Å²) in [4.78, 5) is 8.48. The summed E-state index contributed by atoms with van der Waals surface area (Å²) in [5.74, 6) is 0.368. The highest BCUT2D eigenvalue weighted by Crippen LogP contribution is 2.17. The number of piperazine rings is 2. The van der Waals surface area contributed by atoms with Gasteiger partial charge in [-0.25, -0.2) is 0 Å². The molecule has 0 aromatic heterocycles. The fraction of sp³-hybridized carbons (Fsp3) is 0.417. The molecule has 0 spiro atoms. The first-order valence-electron chi connectivity index (χ1n) is 11.8. The molecule has 0 unspecified atom stereocenters. The number of hydrogen-bond donors (Lipinski definition) is 4. The molecule has 0 aliphatic carbocycles. The lowest BCUT2D eigenvalue weighted by Crippen LogP contribution is -2.50. The number of anilines is 2. The van der Waals surface area contributed by atoms with E-state index in [0.717, 1.165) is 52.4 Å². The number of guanidine groups is 2. The minimum Gasteiger partial charge on any atom is -0.759 e. The van der Waals surface area contributed by atoms with E-state index in [-0.39, 0.29) is 11.9 Å². The SMILES string of the molecule is Cc1ccc(N2CCN(C(=N)N)CC2)cc1.Cc1ccc(N2CCN(C(=N)N)CC2)cc1.O=S(=O)([O-])[O-]. The molecule has 2 aromatic rings. The topological polar surface area (TPSA) is 193 Å². The van der Waals surface area contributed by atoms with Crippen LogP contribution in [-0.2, 0) is 10.4 Å². The molecule has 4 rings (SSSR count). The molecule has 0 radical (unpaired) electrons. The van der Waals surface area contributed by atoms with Gasteiger partial charge in [-0.1, -0.05) is 35.4 Å². The van der Waals surface area contributed by atoms with Gasteiger partial charge in [0.05, 0.1) is 0 Å². The molecule has 12 nitrogen and oxygen atoms in total. The molecule has 0 bridgehead atoms. The summed E-state index contributed by atoms with van der Waals surface area (Å²) in [5, 5.41) is 14.7. The molecule has 2 saturated heterocycles. The standard InChI is InChI=1S/2C12H18N4.H2O4S/c2*1-10-2-4-11(5-3-10)15-6-8-16(9-7-15)12(13)14;1-5(2,3)4/h2*2-5H,6-9H2,1H3,(H3,13,14);(H2,1,2,3,4)/p-2. The van der Waals surface area contributed by atoms with Crippen LogP contribution in [0.3, 0.4) is 0 Å². The Balaban J connectivity index is 0.000000221. The summed E-state index contributed by atoms with van der Waals surface area (Å²) in [6.45, 7) is 11.3. The summed E-state index contributed by atoms with van der Waals surface area (Å²) in [7, 11) is -5.17. The zero-order chi connectivity index (χ0) is 27.6. The van der Waals surface area contributed by atoms with Crippen LogP contribution in [-0.4, -0.2) is 91.6 Å². The van der Waals surface area contributed by atoms with Crippen molar-refractivity contribution >= 4 is 33.7 Å². The van der Waals surface area contributed by atoms with Crippen molar-refractivity contribution in [1.82, 2.24) is 9.80 Å². The number of nitrogens with zero attached hydrogens (tertiary/aromatic N) is 4. The van der Waals surface area contributed by atoms with E-state index in [4.69, 9.17) is 39.8 Å². The van der Waals surface area contributed by atoms with Gasteiger partial charge >= 0.3 is 0 Å². The summed E-state index contributed by atoms with van der Waals surface area (Å²) in [5.41, 5.74) is 16.0. The van der Waals surface area contributed by atoms with Gasteiger partial charge in [-0.3, -0.25) is 19.2 Å². The van der Waals surface area contributed by atoms with Gasteiger partial charge in [0.1, 0.15) is 0 Å². The van der Waals surface area contributed by atoms with Crippen LogP contribution in [0.1, 0.15) is 11.1 Å². The van der Waals surface area contributed by atoms with Crippen LogP contribution in [0.4, 0.5) is 11.4 Å². The molecule has 0 amide bonds. The maximum absolute atomic E-state index is 8.52. The molecule has 13 heteroatoms. The molecule has 2 aliphatic rings. The maximum atomic E-state index is 8.52. The molecule has 204 valence electrons. The van der Waals surface area contributed by atoms with Gasteiger partial charge in [0.25, 0.3) is 0 Å². The van der Waals surface area contributed by atoms with Crippen LogP contribution in [0.25, 0.3) is 0 Å². The molecular formula is C24H36N8O4S-2. The van der Waals surface area contributed by atoms with E-state index in [0.29, 0.717) is 0 Å². The van der Waals surface area contributed by atoms with E-state index in [1.54, 1.807) is 0 Å². The Kier molecular flexibility index (Phi) is 11.0. The van der Waals surface area contributed by atoms with Gasteiger partial charge in [-0.05, 0) is 38.1 Å². The summed E-state index contributed by atoms with van der Waals surface area (Å²) in [6, 6.07) is 17.1. The molecule has 0 saturated carbocycles. The minimum absolute atomic E-state index is 0.184. The molecule has 2 heterocycles. The number of aryl methyl sites for hydroxylation is 2. The lowest BCUT2D eigenvalue weighted by molar-refractivity contribution is 0.352. The minimum atomic E-state index is -5.17. The monoisotopic (exact) mass is 532 g/mol. The van der Waals surface area contributed by atoms with Gasteiger partial charge in [-0.15, -0.1) is 0 Å². The molecule has 6 N–H and O–H groups in total. The van der Waals surface area contributed by atoms with Crippen LogP contribution in [0.15, 0.2) is 48.5 Å². The van der Waals surface area contributed by atoms with E-state index in [1.165, 1.54) is 22.5 Å². The van der Waals surface area contributed by atoms with E-state index in [1.807, 2.05) is 9.80 Å². The highest BCUT2D eigenvalue weighted by Gasteiger charge is 2.18. The van der Waals surface area contributed by atoms with Crippen molar-refractivity contribution in [3.8, 4) is 0 Å². The third kappa shape index (κ3) is 10.9. The highest BCUT2D eigenvalue weighted by molar-refractivity contribution is 7.79. The average molecular weight is 533 g/mol. The van der Waals surface area contributed by atoms with Gasteiger partial charge in [0.15, 0.2) is 11.9 Å². The van der Waals surface area contributed by atoms with E-state index in [9.17, 15) is 0 Å². The zero-order valence-corrected chi connectivity index (χ0v) is 22.1. The number of nitrogens with one attached hydrogen (secondary N) is 2. The van der Waals surface area contributed by atoms with Crippen LogP contribution in [0.5, 0.6) is 0 Å². The molecule has 2 fully saturated rings. The molecule has 2 aliphatic heterocycles. The molecule has 0 atom stereocenters. The van der Waals surface area contributed by atoms with Crippen molar-refractivity contribution in [2.45, 2.75) is 13.8 Å². The summed E-state index contributed by atoms with van der Waals surface area (Å²) in [6.07, 6.45) is 0. The van der Waals surface area contributed by atoms with Crippen LogP contribution < -0.4 is 21.3 Å². The van der Waals surface area contributed by atoms with E-state index >= 15 is 0 Å². The van der Waals surface area contributed by atoms with Crippen molar-refractivity contribution < 1.29 is 17.5 Å². The number of nitrogens with two attached hydrogens (primary N) is 2. The fourth-order valence-electron chi connectivity index (χ4n) is 3.92. The van der Waals surface area contributed by atoms with Crippen molar-refractivity contribution in [2.24, 2.45) is 11.5 Å². The van der Waals surface area contributed by atoms with Gasteiger partial charge in [-0.2, -0.15) is 0 Å². The molecule has 2 aromatic carbocycles. The third-order valence-corrected chi connectivity index (χ3v) is 6.04. The van der Waals surface area contributed by atoms with Crippen molar-refractivity contribution in [3.63, 3.8) is 0 Å². The fourth-order valence-corrected chi connectivity index (χ4v) is 3.92. The Morgan fingerprint density at radius 1 is 0.649 bits per heavy atom. The lowest BCUT2D eigenvalue weighted by atomic mass is 10.2. The Morgan fingerprint density at radius 3 is 1.11 bits per heavy atom. The highest BCUT2D eigenvalue weighted by atomic mass is 32.3. The Labute approximate surface area is 219 Å². The second-order valence-corrected chi connectivity index (χ2v) is 9.61. The number of benzene rings is 2. The summed E-state index contributed by atoms with van der Waals surface area (Å²) >= 11 is 0. The van der Waals surface area contributed by atoms with Crippen molar-refractivity contribution in [2.75, 3.05) is 62.2 Å². The van der Waals surface area contributed by atoms with Crippen molar-refractivity contribution in [1.29, 1.82) is 10.8 Å². The molecule has 37 heavy (non-hydrogen) atoms. The second-order valence-electron chi connectivity index (χ2n) is 8.80. The van der Waals surface area contributed by atoms with Crippen LogP contribution >= 0.6 is 0 Å². The predicted molar refractivity (Wildman–Crippen MR) is 144 cm³/mol. The zero-order valence-electron chi connectivity index (χ0n) is 21.3.